The highest BCUT2D eigenvalue weighted by molar-refractivity contribution is 14.0. The number of nitrogens with one attached hydrogen (secondary N) is 3. The number of guanidine groups is 1. The molecular formula is C20H31IN6O2. The minimum atomic E-state index is -0.485. The van der Waals surface area contributed by atoms with Crippen molar-refractivity contribution in [3.05, 3.63) is 48.5 Å². The second kappa shape index (κ2) is 12.3. The van der Waals surface area contributed by atoms with Crippen LogP contribution in [0, 0.1) is 0 Å². The van der Waals surface area contributed by atoms with E-state index < -0.39 is 11.7 Å². The summed E-state index contributed by atoms with van der Waals surface area (Å²) in [6, 6.07) is 8.14. The van der Waals surface area contributed by atoms with Crippen molar-refractivity contribution in [3.8, 4) is 5.69 Å². The van der Waals surface area contributed by atoms with Gasteiger partial charge in [-0.2, -0.15) is 0 Å². The number of aliphatic imine (C=N–C) groups is 1. The van der Waals surface area contributed by atoms with Gasteiger partial charge in [-0.3, -0.25) is 4.99 Å². The van der Waals surface area contributed by atoms with Gasteiger partial charge >= 0.3 is 6.09 Å². The standard InChI is InChI=1S/C20H30N6O2.HI/c1-20(2,3)28-19(27)24-11-7-10-23-18(21-4)25-14-16-8-5-6-9-17(16)26-13-12-22-15-26;/h5-6,8-9,12-13,15H,7,10-11,14H2,1-4H3,(H,24,27)(H2,21,23,25);1H. The highest BCUT2D eigenvalue weighted by Crippen LogP contribution is 2.13. The number of carbonyl (C=O) groups is 1. The Morgan fingerprint density at radius 1 is 1.17 bits per heavy atom. The monoisotopic (exact) mass is 514 g/mol. The van der Waals surface area contributed by atoms with Crippen molar-refractivity contribution in [2.45, 2.75) is 39.3 Å². The Labute approximate surface area is 189 Å². The molecule has 160 valence electrons. The highest BCUT2D eigenvalue weighted by atomic mass is 127. The number of carbonyl (C=O) groups excluding carboxylic acids is 1. The Morgan fingerprint density at radius 2 is 1.90 bits per heavy atom. The van der Waals surface area contributed by atoms with Crippen LogP contribution in [0.5, 0.6) is 0 Å². The quantitative estimate of drug-likeness (QED) is 0.229. The minimum absolute atomic E-state index is 0. The van der Waals surface area contributed by atoms with Crippen LogP contribution in [-0.2, 0) is 11.3 Å². The van der Waals surface area contributed by atoms with E-state index >= 15 is 0 Å². The highest BCUT2D eigenvalue weighted by Gasteiger charge is 2.15. The van der Waals surface area contributed by atoms with E-state index in [1.807, 2.05) is 43.7 Å². The Kier molecular flexibility index (Phi) is 10.5. The van der Waals surface area contributed by atoms with Crippen LogP contribution in [0.4, 0.5) is 4.79 Å². The number of hydrogen-bond acceptors (Lipinski definition) is 4. The van der Waals surface area contributed by atoms with Crippen molar-refractivity contribution in [3.63, 3.8) is 0 Å². The lowest BCUT2D eigenvalue weighted by Crippen LogP contribution is -2.39. The minimum Gasteiger partial charge on any atom is -0.444 e. The summed E-state index contributed by atoms with van der Waals surface area (Å²) in [6.07, 6.45) is 5.82. The number of benzene rings is 1. The third-order valence-corrected chi connectivity index (χ3v) is 3.76. The predicted octanol–water partition coefficient (Wildman–Crippen LogP) is 3.07. The molecule has 0 unspecified atom stereocenters. The molecule has 1 heterocycles. The van der Waals surface area contributed by atoms with E-state index in [0.29, 0.717) is 25.6 Å². The lowest BCUT2D eigenvalue weighted by molar-refractivity contribution is 0.0527. The van der Waals surface area contributed by atoms with Crippen molar-refractivity contribution >= 4 is 36.0 Å². The number of imidazole rings is 1. The molecule has 0 radical (unpaired) electrons. The third kappa shape index (κ3) is 9.16. The maximum Gasteiger partial charge on any atom is 0.407 e. The second-order valence-corrected chi connectivity index (χ2v) is 7.23. The van der Waals surface area contributed by atoms with Crippen molar-refractivity contribution in [1.29, 1.82) is 0 Å². The predicted molar refractivity (Wildman–Crippen MR) is 126 cm³/mol. The van der Waals surface area contributed by atoms with Gasteiger partial charge in [-0.25, -0.2) is 9.78 Å². The van der Waals surface area contributed by atoms with Gasteiger partial charge in [-0.15, -0.1) is 24.0 Å². The van der Waals surface area contributed by atoms with Crippen LogP contribution < -0.4 is 16.0 Å². The summed E-state index contributed by atoms with van der Waals surface area (Å²) in [6.45, 7) is 7.36. The van der Waals surface area contributed by atoms with Crippen molar-refractivity contribution in [2.75, 3.05) is 20.1 Å². The number of halogens is 1. The summed E-state index contributed by atoms with van der Waals surface area (Å²) in [5, 5.41) is 9.30. The van der Waals surface area contributed by atoms with Crippen molar-refractivity contribution in [1.82, 2.24) is 25.5 Å². The fraction of sp³-hybridized carbons (Fsp3) is 0.450. The molecule has 0 fully saturated rings. The molecule has 8 nitrogen and oxygen atoms in total. The van der Waals surface area contributed by atoms with Crippen molar-refractivity contribution in [2.24, 2.45) is 4.99 Å². The summed E-state index contributed by atoms with van der Waals surface area (Å²) in [4.78, 5) is 20.0. The van der Waals surface area contributed by atoms with Gasteiger partial charge in [0.25, 0.3) is 0 Å². The second-order valence-electron chi connectivity index (χ2n) is 7.23. The molecule has 0 atom stereocenters. The smallest absolute Gasteiger partial charge is 0.407 e. The molecule has 0 aliphatic rings. The van der Waals surface area contributed by atoms with Crippen LogP contribution in [0.3, 0.4) is 0 Å². The zero-order valence-corrected chi connectivity index (χ0v) is 19.8. The molecule has 1 aromatic carbocycles. The SMILES string of the molecule is CN=C(NCCCNC(=O)OC(C)(C)C)NCc1ccccc1-n1ccnc1.I. The van der Waals surface area contributed by atoms with Gasteiger partial charge in [0.1, 0.15) is 5.60 Å². The van der Waals surface area contributed by atoms with Gasteiger partial charge in [0.2, 0.25) is 0 Å². The van der Waals surface area contributed by atoms with Gasteiger partial charge in [0.15, 0.2) is 5.96 Å². The average Bonchev–Trinajstić information content (AvgIpc) is 3.17. The zero-order chi connectivity index (χ0) is 20.4. The average molecular weight is 514 g/mol. The molecule has 3 N–H and O–H groups in total. The molecule has 0 saturated carbocycles. The maximum absolute atomic E-state index is 11.6. The number of para-hydroxylation sites is 1. The Hall–Kier alpha value is -2.30. The number of hydrogen-bond donors (Lipinski definition) is 3. The first-order chi connectivity index (χ1) is 13.4. The normalized spacial score (nSPS) is 11.4. The molecular weight excluding hydrogens is 483 g/mol. The summed E-state index contributed by atoms with van der Waals surface area (Å²) in [5.41, 5.74) is 1.72. The first kappa shape index (κ1) is 24.7. The fourth-order valence-electron chi connectivity index (χ4n) is 2.51. The number of alkyl carbamates (subject to hydrolysis) is 1. The fourth-order valence-corrected chi connectivity index (χ4v) is 2.51. The van der Waals surface area contributed by atoms with E-state index in [4.69, 9.17) is 4.74 Å². The Morgan fingerprint density at radius 3 is 2.55 bits per heavy atom. The van der Waals surface area contributed by atoms with Crippen LogP contribution in [-0.4, -0.2) is 47.3 Å². The van der Waals surface area contributed by atoms with Crippen LogP contribution in [0.1, 0.15) is 32.8 Å². The molecule has 0 aliphatic carbocycles. The van der Waals surface area contributed by atoms with E-state index in [1.54, 1.807) is 19.6 Å². The summed E-state index contributed by atoms with van der Waals surface area (Å²) in [5.74, 6) is 0.706. The van der Waals surface area contributed by atoms with Crippen LogP contribution in [0.15, 0.2) is 48.0 Å². The topological polar surface area (TPSA) is 92.6 Å². The molecule has 2 aromatic rings. The molecule has 1 amide bonds. The first-order valence-corrected chi connectivity index (χ1v) is 9.36. The maximum atomic E-state index is 11.6. The lowest BCUT2D eigenvalue weighted by atomic mass is 10.1. The number of nitrogens with zero attached hydrogens (tertiary/aromatic N) is 3. The number of aromatic nitrogens is 2. The van der Waals surface area contributed by atoms with Crippen LogP contribution in [0.2, 0.25) is 0 Å². The Balaban J connectivity index is 0.00000420. The van der Waals surface area contributed by atoms with Gasteiger partial charge in [0.05, 0.1) is 12.0 Å². The zero-order valence-electron chi connectivity index (χ0n) is 17.4. The number of ether oxygens (including phenoxy) is 1. The third-order valence-electron chi connectivity index (χ3n) is 3.76. The van der Waals surface area contributed by atoms with E-state index in [2.05, 4.69) is 38.1 Å². The van der Waals surface area contributed by atoms with E-state index in [-0.39, 0.29) is 24.0 Å². The molecule has 29 heavy (non-hydrogen) atoms. The number of amides is 1. The molecule has 2 rings (SSSR count). The van der Waals surface area contributed by atoms with E-state index in [1.165, 1.54) is 0 Å². The molecule has 0 saturated heterocycles. The van der Waals surface area contributed by atoms with Gasteiger partial charge in [-0.05, 0) is 38.8 Å². The summed E-state index contributed by atoms with van der Waals surface area (Å²) < 4.78 is 7.18. The molecule has 0 bridgehead atoms. The van der Waals surface area contributed by atoms with Crippen molar-refractivity contribution < 1.29 is 9.53 Å². The van der Waals surface area contributed by atoms with Crippen LogP contribution in [0.25, 0.3) is 5.69 Å². The summed E-state index contributed by atoms with van der Waals surface area (Å²) in [7, 11) is 1.73. The molecule has 1 aromatic heterocycles. The van der Waals surface area contributed by atoms with Gasteiger partial charge in [-0.1, -0.05) is 18.2 Å². The number of rotatable bonds is 7. The molecule has 0 aliphatic heterocycles. The van der Waals surface area contributed by atoms with Gasteiger partial charge < -0.3 is 25.3 Å². The molecule has 9 heteroatoms. The summed E-state index contributed by atoms with van der Waals surface area (Å²) >= 11 is 0. The molecule has 0 spiro atoms. The first-order valence-electron chi connectivity index (χ1n) is 9.36. The van der Waals surface area contributed by atoms with Gasteiger partial charge in [0, 0.05) is 39.1 Å². The van der Waals surface area contributed by atoms with Crippen LogP contribution >= 0.6 is 24.0 Å². The Bertz CT molecular complexity index is 772. The lowest BCUT2D eigenvalue weighted by Gasteiger charge is -2.19. The van der Waals surface area contributed by atoms with E-state index in [9.17, 15) is 4.79 Å². The largest absolute Gasteiger partial charge is 0.444 e. The van der Waals surface area contributed by atoms with E-state index in [0.717, 1.165) is 17.7 Å².